The van der Waals surface area contributed by atoms with Crippen molar-refractivity contribution in [3.63, 3.8) is 0 Å². The van der Waals surface area contributed by atoms with Gasteiger partial charge in [-0.25, -0.2) is 4.98 Å². The maximum atomic E-state index is 5.36. The summed E-state index contributed by atoms with van der Waals surface area (Å²) < 4.78 is 0. The van der Waals surface area contributed by atoms with E-state index in [2.05, 4.69) is 15.0 Å². The van der Waals surface area contributed by atoms with E-state index in [9.17, 15) is 0 Å². The molecule has 0 aliphatic heterocycles. The molecule has 0 radical (unpaired) electrons. The lowest BCUT2D eigenvalue weighted by Gasteiger charge is -1.81. The highest BCUT2D eigenvalue weighted by Gasteiger charge is 1.92. The van der Waals surface area contributed by atoms with Crippen molar-refractivity contribution >= 4 is 22.7 Å². The van der Waals surface area contributed by atoms with Crippen molar-refractivity contribution in [3.05, 3.63) is 11.1 Å². The van der Waals surface area contributed by atoms with Crippen LogP contribution in [0.3, 0.4) is 0 Å². The van der Waals surface area contributed by atoms with E-state index in [4.69, 9.17) is 5.73 Å². The molecule has 0 fully saturated rings. The first-order valence-electron chi connectivity index (χ1n) is 2.60. The van der Waals surface area contributed by atoms with Crippen molar-refractivity contribution < 1.29 is 4.84 Å². The van der Waals surface area contributed by atoms with E-state index < -0.39 is 0 Å². The predicted octanol–water partition coefficient (Wildman–Crippen LogP) is 0.706. The van der Waals surface area contributed by atoms with Crippen molar-refractivity contribution in [1.82, 2.24) is 4.98 Å². The normalized spacial score (nSPS) is 10.5. The molecule has 10 heavy (non-hydrogen) atoms. The van der Waals surface area contributed by atoms with Crippen molar-refractivity contribution in [2.75, 3.05) is 12.8 Å². The molecule has 0 atom stereocenters. The van der Waals surface area contributed by atoms with Crippen LogP contribution in [-0.2, 0) is 4.84 Å². The number of hydrogen-bond acceptors (Lipinski definition) is 5. The highest BCUT2D eigenvalue weighted by molar-refractivity contribution is 7.13. The van der Waals surface area contributed by atoms with Gasteiger partial charge in [0.2, 0.25) is 0 Å². The molecule has 0 saturated carbocycles. The SMILES string of the molecule is CO/N=C\c1csc(N)n1. The van der Waals surface area contributed by atoms with E-state index in [0.29, 0.717) is 5.13 Å². The molecule has 0 aliphatic rings. The summed E-state index contributed by atoms with van der Waals surface area (Å²) in [5, 5.41) is 5.86. The van der Waals surface area contributed by atoms with Gasteiger partial charge in [-0.1, -0.05) is 5.16 Å². The monoisotopic (exact) mass is 157 g/mol. The Balaban J connectivity index is 2.67. The van der Waals surface area contributed by atoms with Crippen LogP contribution in [0.5, 0.6) is 0 Å². The number of aromatic nitrogens is 1. The summed E-state index contributed by atoms with van der Waals surface area (Å²) in [4.78, 5) is 8.36. The maximum absolute atomic E-state index is 5.36. The van der Waals surface area contributed by atoms with E-state index in [1.165, 1.54) is 24.7 Å². The van der Waals surface area contributed by atoms with E-state index in [-0.39, 0.29) is 0 Å². The standard InChI is InChI=1S/C5H7N3OS/c1-9-7-2-4-3-10-5(6)8-4/h2-3H,1H3,(H2,6,8)/b7-2-. The van der Waals surface area contributed by atoms with Gasteiger partial charge in [0.05, 0.1) is 11.9 Å². The molecule has 0 spiro atoms. The van der Waals surface area contributed by atoms with Crippen LogP contribution >= 0.6 is 11.3 Å². The van der Waals surface area contributed by atoms with Crippen LogP contribution in [0.15, 0.2) is 10.5 Å². The Bertz CT molecular complexity index is 233. The van der Waals surface area contributed by atoms with Crippen LogP contribution in [0, 0.1) is 0 Å². The summed E-state index contributed by atoms with van der Waals surface area (Å²) >= 11 is 1.37. The number of hydrogen-bond donors (Lipinski definition) is 1. The van der Waals surface area contributed by atoms with E-state index in [1.54, 1.807) is 5.38 Å². The Hall–Kier alpha value is -1.10. The highest BCUT2D eigenvalue weighted by atomic mass is 32.1. The summed E-state index contributed by atoms with van der Waals surface area (Å²) in [6.07, 6.45) is 1.51. The predicted molar refractivity (Wildman–Crippen MR) is 41.1 cm³/mol. The Morgan fingerprint density at radius 1 is 1.90 bits per heavy atom. The molecule has 54 valence electrons. The minimum absolute atomic E-state index is 0.539. The number of nitrogens with two attached hydrogens (primary N) is 1. The van der Waals surface area contributed by atoms with Crippen LogP contribution in [0.1, 0.15) is 5.69 Å². The van der Waals surface area contributed by atoms with Gasteiger partial charge in [-0.2, -0.15) is 0 Å². The quantitative estimate of drug-likeness (QED) is 0.508. The summed E-state index contributed by atoms with van der Waals surface area (Å²) in [5.41, 5.74) is 6.08. The Morgan fingerprint density at radius 2 is 2.70 bits per heavy atom. The van der Waals surface area contributed by atoms with Gasteiger partial charge in [-0.3, -0.25) is 0 Å². The topological polar surface area (TPSA) is 60.5 Å². The van der Waals surface area contributed by atoms with E-state index in [0.717, 1.165) is 5.69 Å². The van der Waals surface area contributed by atoms with Gasteiger partial charge in [0.1, 0.15) is 7.11 Å². The number of nitrogens with zero attached hydrogens (tertiary/aromatic N) is 2. The second-order valence-corrected chi connectivity index (χ2v) is 2.42. The van der Waals surface area contributed by atoms with E-state index >= 15 is 0 Å². The van der Waals surface area contributed by atoms with Gasteiger partial charge in [-0.05, 0) is 0 Å². The van der Waals surface area contributed by atoms with Crippen molar-refractivity contribution in [3.8, 4) is 0 Å². The molecule has 1 heterocycles. The Morgan fingerprint density at radius 3 is 3.20 bits per heavy atom. The molecule has 0 saturated heterocycles. The van der Waals surface area contributed by atoms with Crippen LogP contribution < -0.4 is 5.73 Å². The fourth-order valence-corrected chi connectivity index (χ4v) is 0.980. The molecule has 1 aromatic rings. The molecule has 0 aromatic carbocycles. The van der Waals surface area contributed by atoms with Crippen molar-refractivity contribution in [2.45, 2.75) is 0 Å². The fourth-order valence-electron chi connectivity index (χ4n) is 0.467. The van der Waals surface area contributed by atoms with Gasteiger partial charge in [0, 0.05) is 5.38 Å². The minimum atomic E-state index is 0.539. The molecule has 4 nitrogen and oxygen atoms in total. The first-order chi connectivity index (χ1) is 4.83. The molecular weight excluding hydrogens is 150 g/mol. The number of anilines is 1. The minimum Gasteiger partial charge on any atom is -0.399 e. The lowest BCUT2D eigenvalue weighted by Crippen LogP contribution is -1.85. The Labute approximate surface area is 62.3 Å². The zero-order chi connectivity index (χ0) is 7.40. The zero-order valence-corrected chi connectivity index (χ0v) is 6.26. The summed E-state index contributed by atoms with van der Waals surface area (Å²) in [6.45, 7) is 0. The lowest BCUT2D eigenvalue weighted by atomic mass is 10.6. The maximum Gasteiger partial charge on any atom is 0.180 e. The van der Waals surface area contributed by atoms with E-state index in [1.807, 2.05) is 0 Å². The molecule has 0 bridgehead atoms. The molecule has 0 aliphatic carbocycles. The lowest BCUT2D eigenvalue weighted by molar-refractivity contribution is 0.215. The largest absolute Gasteiger partial charge is 0.399 e. The third kappa shape index (κ3) is 1.70. The average Bonchev–Trinajstić information content (AvgIpc) is 2.31. The van der Waals surface area contributed by atoms with Gasteiger partial charge >= 0.3 is 0 Å². The number of thiazole rings is 1. The van der Waals surface area contributed by atoms with Gasteiger partial charge in [0.15, 0.2) is 5.13 Å². The van der Waals surface area contributed by atoms with Crippen LogP contribution in [0.25, 0.3) is 0 Å². The third-order valence-corrected chi connectivity index (χ3v) is 1.52. The van der Waals surface area contributed by atoms with Crippen LogP contribution in [0.2, 0.25) is 0 Å². The summed E-state index contributed by atoms with van der Waals surface area (Å²) in [5.74, 6) is 0. The van der Waals surface area contributed by atoms with Crippen molar-refractivity contribution in [2.24, 2.45) is 5.16 Å². The van der Waals surface area contributed by atoms with Gasteiger partial charge < -0.3 is 10.6 Å². The highest BCUT2D eigenvalue weighted by Crippen LogP contribution is 2.08. The summed E-state index contributed by atoms with van der Waals surface area (Å²) in [7, 11) is 1.48. The van der Waals surface area contributed by atoms with Gasteiger partial charge in [-0.15, -0.1) is 11.3 Å². The molecular formula is C5H7N3OS. The fraction of sp³-hybridized carbons (Fsp3) is 0.200. The molecule has 0 amide bonds. The first kappa shape index (κ1) is 7.01. The molecule has 0 unspecified atom stereocenters. The molecule has 5 heteroatoms. The van der Waals surface area contributed by atoms with Crippen LogP contribution in [0.4, 0.5) is 5.13 Å². The first-order valence-corrected chi connectivity index (χ1v) is 3.48. The third-order valence-electron chi connectivity index (χ3n) is 0.830. The molecule has 1 rings (SSSR count). The zero-order valence-electron chi connectivity index (χ0n) is 5.44. The Kier molecular flexibility index (Phi) is 2.22. The number of oxime groups is 1. The molecule has 1 aromatic heterocycles. The van der Waals surface area contributed by atoms with Crippen LogP contribution in [-0.4, -0.2) is 18.3 Å². The number of nitrogen functional groups attached to an aromatic ring is 1. The average molecular weight is 157 g/mol. The van der Waals surface area contributed by atoms with Gasteiger partial charge in [0.25, 0.3) is 0 Å². The second-order valence-electron chi connectivity index (χ2n) is 1.53. The smallest absolute Gasteiger partial charge is 0.180 e. The second kappa shape index (κ2) is 3.17. The van der Waals surface area contributed by atoms with Crippen molar-refractivity contribution in [1.29, 1.82) is 0 Å². The number of rotatable bonds is 2. The summed E-state index contributed by atoms with van der Waals surface area (Å²) in [6, 6.07) is 0. The molecule has 2 N–H and O–H groups in total.